The van der Waals surface area contributed by atoms with E-state index in [1.807, 2.05) is 18.2 Å². The summed E-state index contributed by atoms with van der Waals surface area (Å²) in [5, 5.41) is 22.1. The molecule has 0 bridgehead atoms. The SMILES string of the molecule is CN(C)[C@H]1C(=O)C(C(N)=O)C(=O)[C@]2(O)C(=O)C3C(=O)c4c(O)ccc(C5=CCC=C5)c4C[C@@H]3C[C@H]12. The zero-order valence-corrected chi connectivity index (χ0v) is 19.4. The normalized spacial score (nSPS) is 33.9. The summed E-state index contributed by atoms with van der Waals surface area (Å²) in [7, 11) is 3.12. The summed E-state index contributed by atoms with van der Waals surface area (Å²) in [4.78, 5) is 67.3. The highest BCUT2D eigenvalue weighted by Gasteiger charge is 2.69. The first kappa shape index (κ1) is 23.3. The van der Waals surface area contributed by atoms with Gasteiger partial charge < -0.3 is 15.9 Å². The van der Waals surface area contributed by atoms with Crippen LogP contribution in [-0.2, 0) is 25.6 Å². The van der Waals surface area contributed by atoms with Crippen molar-refractivity contribution >= 4 is 34.6 Å². The lowest BCUT2D eigenvalue weighted by atomic mass is 9.52. The number of phenols is 1. The summed E-state index contributed by atoms with van der Waals surface area (Å²) in [6.07, 6.45) is 6.93. The van der Waals surface area contributed by atoms with E-state index in [1.54, 1.807) is 20.2 Å². The molecule has 0 spiro atoms. The fraction of sp³-hybridized carbons (Fsp3) is 0.423. The van der Waals surface area contributed by atoms with Crippen molar-refractivity contribution in [3.05, 3.63) is 47.1 Å². The number of Topliss-reactive ketones (excluding diaryl/α,β-unsaturated/α-hetero) is 4. The number of nitrogens with two attached hydrogens (primary N) is 1. The number of primary amides is 1. The monoisotopic (exact) mass is 478 g/mol. The Balaban J connectivity index is 1.66. The number of benzene rings is 1. The first-order valence-corrected chi connectivity index (χ1v) is 11.6. The number of likely N-dealkylation sites (N-methyl/N-ethyl adjacent to an activating group) is 1. The van der Waals surface area contributed by atoms with Gasteiger partial charge in [0.05, 0.1) is 17.5 Å². The van der Waals surface area contributed by atoms with Crippen LogP contribution in [0.3, 0.4) is 0 Å². The second kappa shape index (κ2) is 7.79. The number of carbonyl (C=O) groups excluding carboxylic acids is 5. The van der Waals surface area contributed by atoms with E-state index in [0.29, 0.717) is 5.56 Å². The van der Waals surface area contributed by atoms with Crippen molar-refractivity contribution < 1.29 is 34.2 Å². The number of ketones is 4. The molecule has 182 valence electrons. The molecular weight excluding hydrogens is 452 g/mol. The van der Waals surface area contributed by atoms with E-state index in [-0.39, 0.29) is 24.2 Å². The second-order valence-electron chi connectivity index (χ2n) is 10.1. The second-order valence-corrected chi connectivity index (χ2v) is 10.1. The smallest absolute Gasteiger partial charge is 0.235 e. The van der Waals surface area contributed by atoms with E-state index in [4.69, 9.17) is 5.73 Å². The molecule has 0 aromatic heterocycles. The van der Waals surface area contributed by atoms with Crippen molar-refractivity contribution in [2.75, 3.05) is 14.1 Å². The number of aliphatic hydroxyl groups is 1. The third-order valence-electron chi connectivity index (χ3n) is 8.03. The molecule has 4 aliphatic carbocycles. The zero-order chi connectivity index (χ0) is 25.4. The van der Waals surface area contributed by atoms with Gasteiger partial charge in [-0.15, -0.1) is 0 Å². The number of phenolic OH excluding ortho intramolecular Hbond substituents is 1. The van der Waals surface area contributed by atoms with Gasteiger partial charge in [-0.3, -0.25) is 28.9 Å². The maximum absolute atomic E-state index is 13.8. The minimum Gasteiger partial charge on any atom is -0.507 e. The van der Waals surface area contributed by atoms with Gasteiger partial charge in [0, 0.05) is 5.92 Å². The summed E-state index contributed by atoms with van der Waals surface area (Å²) in [5.41, 5.74) is 4.92. The average molecular weight is 479 g/mol. The molecule has 0 aliphatic heterocycles. The lowest BCUT2D eigenvalue weighted by Crippen LogP contribution is -2.74. The zero-order valence-electron chi connectivity index (χ0n) is 19.4. The average Bonchev–Trinajstić information content (AvgIpc) is 3.30. The molecule has 0 radical (unpaired) electrons. The number of carbonyl (C=O) groups is 5. The number of allylic oxidation sites excluding steroid dienone is 4. The lowest BCUT2D eigenvalue weighted by Gasteiger charge is -2.52. The van der Waals surface area contributed by atoms with Crippen LogP contribution in [0.5, 0.6) is 5.75 Å². The number of hydrogen-bond acceptors (Lipinski definition) is 8. The van der Waals surface area contributed by atoms with Crippen LogP contribution in [0.15, 0.2) is 30.4 Å². The van der Waals surface area contributed by atoms with Gasteiger partial charge >= 0.3 is 0 Å². The minimum atomic E-state index is -2.71. The fourth-order valence-corrected chi connectivity index (χ4v) is 6.53. The first-order chi connectivity index (χ1) is 16.5. The van der Waals surface area contributed by atoms with E-state index in [9.17, 15) is 34.2 Å². The maximum Gasteiger partial charge on any atom is 0.235 e. The quantitative estimate of drug-likeness (QED) is 0.521. The summed E-state index contributed by atoms with van der Waals surface area (Å²) in [6.45, 7) is 0. The molecule has 0 saturated heterocycles. The highest BCUT2D eigenvalue weighted by atomic mass is 16.3. The number of hydrogen-bond donors (Lipinski definition) is 3. The Morgan fingerprint density at radius 1 is 1.14 bits per heavy atom. The number of rotatable bonds is 3. The van der Waals surface area contributed by atoms with Crippen molar-refractivity contribution in [2.45, 2.75) is 30.9 Å². The molecule has 35 heavy (non-hydrogen) atoms. The Bertz CT molecular complexity index is 1280. The van der Waals surface area contributed by atoms with Crippen molar-refractivity contribution in [3.63, 3.8) is 0 Å². The van der Waals surface area contributed by atoms with Crippen LogP contribution in [0.4, 0.5) is 0 Å². The summed E-state index contributed by atoms with van der Waals surface area (Å²) >= 11 is 0. The molecule has 6 atom stereocenters. The Hall–Kier alpha value is -3.43. The van der Waals surface area contributed by atoms with Crippen molar-refractivity contribution in [2.24, 2.45) is 29.4 Å². The number of aromatic hydroxyl groups is 1. The van der Waals surface area contributed by atoms with Crippen LogP contribution in [0.2, 0.25) is 0 Å². The Morgan fingerprint density at radius 2 is 1.86 bits per heavy atom. The molecule has 2 fully saturated rings. The fourth-order valence-electron chi connectivity index (χ4n) is 6.53. The number of fused-ring (bicyclic) bond motifs is 3. The molecule has 4 N–H and O–H groups in total. The summed E-state index contributed by atoms with van der Waals surface area (Å²) in [5.74, 6) is -10.3. The van der Waals surface area contributed by atoms with Gasteiger partial charge in [-0.1, -0.05) is 24.3 Å². The standard InChI is InChI=1S/C26H26N2O7/c1-28(2)20-15-10-12-9-14-13(11-5-3-4-6-11)7-8-16(29)18(14)21(30)17(12)23(32)26(15,35)24(33)19(22(20)31)25(27)34/h3,5-8,12,15,17,19-20,29,35H,4,9-10H2,1-2H3,(H2,27,34)/t12-,15-,17?,19?,20-,26-/m1/s1. The van der Waals surface area contributed by atoms with Crippen LogP contribution in [0, 0.1) is 23.7 Å². The molecule has 1 aromatic carbocycles. The van der Waals surface area contributed by atoms with Gasteiger partial charge in [0.1, 0.15) is 5.75 Å². The van der Waals surface area contributed by atoms with Gasteiger partial charge in [-0.2, -0.15) is 0 Å². The van der Waals surface area contributed by atoms with Crippen LogP contribution in [0.25, 0.3) is 5.57 Å². The first-order valence-electron chi connectivity index (χ1n) is 11.6. The predicted molar refractivity (Wildman–Crippen MR) is 123 cm³/mol. The highest BCUT2D eigenvalue weighted by Crippen LogP contribution is 2.51. The third-order valence-corrected chi connectivity index (χ3v) is 8.03. The molecule has 1 amide bonds. The molecule has 2 saturated carbocycles. The maximum atomic E-state index is 13.8. The topological polar surface area (TPSA) is 155 Å². The van der Waals surface area contributed by atoms with Crippen LogP contribution in [0.1, 0.15) is 34.3 Å². The van der Waals surface area contributed by atoms with Crippen molar-refractivity contribution in [3.8, 4) is 5.75 Å². The Labute approximate surface area is 201 Å². The number of amides is 1. The molecule has 4 aliphatic rings. The molecular formula is C26H26N2O7. The minimum absolute atomic E-state index is 0.00953. The van der Waals surface area contributed by atoms with Gasteiger partial charge in [0.25, 0.3) is 0 Å². The molecule has 9 heteroatoms. The Morgan fingerprint density at radius 3 is 2.46 bits per heavy atom. The van der Waals surface area contributed by atoms with Crippen LogP contribution < -0.4 is 5.73 Å². The molecule has 0 heterocycles. The van der Waals surface area contributed by atoms with Gasteiger partial charge in [0.2, 0.25) is 5.91 Å². The van der Waals surface area contributed by atoms with Gasteiger partial charge in [0.15, 0.2) is 34.7 Å². The number of nitrogens with zero attached hydrogens (tertiary/aromatic N) is 1. The molecule has 1 aromatic rings. The van der Waals surface area contributed by atoms with Gasteiger partial charge in [-0.25, -0.2) is 0 Å². The predicted octanol–water partition coefficient (Wildman–Crippen LogP) is 0.210. The molecule has 5 rings (SSSR count). The van der Waals surface area contributed by atoms with Gasteiger partial charge in [-0.05, 0) is 62.0 Å². The van der Waals surface area contributed by atoms with Crippen LogP contribution in [-0.4, -0.2) is 69.9 Å². The van der Waals surface area contributed by atoms with Crippen molar-refractivity contribution in [1.29, 1.82) is 0 Å². The third kappa shape index (κ3) is 3.04. The molecule has 9 nitrogen and oxygen atoms in total. The van der Waals surface area contributed by atoms with Crippen molar-refractivity contribution in [1.82, 2.24) is 4.90 Å². The largest absolute Gasteiger partial charge is 0.507 e. The van der Waals surface area contributed by atoms with Crippen LogP contribution >= 0.6 is 0 Å². The van der Waals surface area contributed by atoms with E-state index in [1.165, 1.54) is 11.0 Å². The van der Waals surface area contributed by atoms with E-state index >= 15 is 0 Å². The Kier molecular flexibility index (Phi) is 5.19. The lowest BCUT2D eigenvalue weighted by molar-refractivity contribution is -0.181. The van der Waals surface area contributed by atoms with E-state index in [2.05, 4.69) is 0 Å². The van der Waals surface area contributed by atoms with E-state index < -0.39 is 64.4 Å². The molecule has 2 unspecified atom stereocenters. The summed E-state index contributed by atoms with van der Waals surface area (Å²) < 4.78 is 0. The van der Waals surface area contributed by atoms with E-state index in [0.717, 1.165) is 17.6 Å². The summed E-state index contributed by atoms with van der Waals surface area (Å²) in [6, 6.07) is 2.03. The highest BCUT2D eigenvalue weighted by molar-refractivity contribution is 6.32.